The Morgan fingerprint density at radius 3 is 2.40 bits per heavy atom. The Morgan fingerprint density at radius 1 is 1.40 bits per heavy atom. The van der Waals surface area contributed by atoms with Crippen molar-refractivity contribution in [2.75, 3.05) is 0 Å². The van der Waals surface area contributed by atoms with Crippen LogP contribution in [-0.2, 0) is 4.79 Å². The van der Waals surface area contributed by atoms with E-state index in [0.29, 0.717) is 19.3 Å². The summed E-state index contributed by atoms with van der Waals surface area (Å²) >= 11 is 0. The fourth-order valence-electron chi connectivity index (χ4n) is 2.35. The number of rotatable bonds is 4. The van der Waals surface area contributed by atoms with E-state index in [1.54, 1.807) is 0 Å². The third kappa shape index (κ3) is 2.79. The van der Waals surface area contributed by atoms with Crippen molar-refractivity contribution in [1.29, 1.82) is 0 Å². The SMILES string of the molecule is CCC(O)C(O)CC1C(=O)CCC1(C)C. The van der Waals surface area contributed by atoms with E-state index in [-0.39, 0.29) is 17.1 Å². The summed E-state index contributed by atoms with van der Waals surface area (Å²) in [6, 6.07) is 0. The van der Waals surface area contributed by atoms with Gasteiger partial charge in [0.2, 0.25) is 0 Å². The molecule has 0 aromatic heterocycles. The second-order valence-electron chi connectivity index (χ2n) is 5.29. The highest BCUT2D eigenvalue weighted by molar-refractivity contribution is 5.84. The Labute approximate surface area is 91.5 Å². The first-order valence-electron chi connectivity index (χ1n) is 5.77. The van der Waals surface area contributed by atoms with Gasteiger partial charge in [-0.15, -0.1) is 0 Å². The smallest absolute Gasteiger partial charge is 0.136 e. The molecule has 0 aliphatic heterocycles. The molecule has 1 fully saturated rings. The van der Waals surface area contributed by atoms with Crippen LogP contribution in [0.3, 0.4) is 0 Å². The van der Waals surface area contributed by atoms with E-state index in [4.69, 9.17) is 0 Å². The molecule has 0 bridgehead atoms. The van der Waals surface area contributed by atoms with Gasteiger partial charge in [0.15, 0.2) is 0 Å². The van der Waals surface area contributed by atoms with E-state index in [9.17, 15) is 15.0 Å². The molecule has 1 aliphatic carbocycles. The maximum atomic E-state index is 11.6. The van der Waals surface area contributed by atoms with Crippen LogP contribution in [0, 0.1) is 11.3 Å². The Hall–Kier alpha value is -0.410. The molecule has 0 aromatic carbocycles. The molecule has 0 heterocycles. The van der Waals surface area contributed by atoms with Crippen LogP contribution < -0.4 is 0 Å². The quantitative estimate of drug-likeness (QED) is 0.746. The van der Waals surface area contributed by atoms with Crippen molar-refractivity contribution in [3.05, 3.63) is 0 Å². The van der Waals surface area contributed by atoms with Crippen molar-refractivity contribution >= 4 is 5.78 Å². The highest BCUT2D eigenvalue weighted by Crippen LogP contribution is 2.42. The number of carbonyl (C=O) groups is 1. The van der Waals surface area contributed by atoms with Gasteiger partial charge in [0.1, 0.15) is 5.78 Å². The lowest BCUT2D eigenvalue weighted by Gasteiger charge is -2.28. The average molecular weight is 214 g/mol. The van der Waals surface area contributed by atoms with E-state index in [0.717, 1.165) is 6.42 Å². The highest BCUT2D eigenvalue weighted by Gasteiger charge is 2.42. The third-order valence-corrected chi connectivity index (χ3v) is 3.69. The lowest BCUT2D eigenvalue weighted by atomic mass is 9.78. The molecular weight excluding hydrogens is 192 g/mol. The minimum atomic E-state index is -0.763. The first kappa shape index (κ1) is 12.7. The van der Waals surface area contributed by atoms with E-state index in [2.05, 4.69) is 13.8 Å². The topological polar surface area (TPSA) is 57.5 Å². The Morgan fingerprint density at radius 2 is 2.00 bits per heavy atom. The Balaban J connectivity index is 2.60. The van der Waals surface area contributed by atoms with E-state index in [1.807, 2.05) is 6.92 Å². The Kier molecular flexibility index (Phi) is 3.90. The van der Waals surface area contributed by atoms with Gasteiger partial charge in [-0.2, -0.15) is 0 Å². The molecule has 3 heteroatoms. The molecule has 3 nitrogen and oxygen atoms in total. The molecule has 1 aliphatic rings. The number of Topliss-reactive ketones (excluding diaryl/α,β-unsaturated/α-hetero) is 1. The van der Waals surface area contributed by atoms with Crippen LogP contribution in [0.2, 0.25) is 0 Å². The molecule has 2 N–H and O–H groups in total. The molecule has 0 aromatic rings. The molecule has 0 saturated heterocycles. The van der Waals surface area contributed by atoms with Gasteiger partial charge < -0.3 is 10.2 Å². The van der Waals surface area contributed by atoms with Crippen LogP contribution in [0.4, 0.5) is 0 Å². The molecular formula is C12H22O3. The predicted octanol–water partition coefficient (Wildman–Crippen LogP) is 1.51. The normalized spacial score (nSPS) is 29.1. The summed E-state index contributed by atoms with van der Waals surface area (Å²) in [6.07, 6.45) is 0.983. The van der Waals surface area contributed by atoms with Crippen LogP contribution in [0.15, 0.2) is 0 Å². The number of hydrogen-bond acceptors (Lipinski definition) is 3. The molecule has 3 unspecified atom stereocenters. The average Bonchev–Trinajstić information content (AvgIpc) is 2.43. The monoisotopic (exact) mass is 214 g/mol. The van der Waals surface area contributed by atoms with Gasteiger partial charge in [0, 0.05) is 12.3 Å². The standard InChI is InChI=1S/C12H22O3/c1-4-9(13)11(15)7-8-10(14)5-6-12(8,2)3/h8-9,11,13,15H,4-7H2,1-3H3. The highest BCUT2D eigenvalue weighted by atomic mass is 16.3. The molecule has 1 saturated carbocycles. The number of hydrogen-bond donors (Lipinski definition) is 2. The zero-order valence-corrected chi connectivity index (χ0v) is 9.86. The largest absolute Gasteiger partial charge is 0.390 e. The van der Waals surface area contributed by atoms with Crippen LogP contribution in [-0.4, -0.2) is 28.2 Å². The van der Waals surface area contributed by atoms with E-state index < -0.39 is 12.2 Å². The Bertz CT molecular complexity index is 235. The van der Waals surface area contributed by atoms with Gasteiger partial charge in [0.05, 0.1) is 12.2 Å². The van der Waals surface area contributed by atoms with Gasteiger partial charge in [-0.3, -0.25) is 4.79 Å². The second kappa shape index (κ2) is 4.62. The van der Waals surface area contributed by atoms with Gasteiger partial charge in [-0.1, -0.05) is 20.8 Å². The van der Waals surface area contributed by atoms with Crippen LogP contribution in [0.5, 0.6) is 0 Å². The lowest BCUT2D eigenvalue weighted by molar-refractivity contribution is -0.124. The van der Waals surface area contributed by atoms with Gasteiger partial charge in [0.25, 0.3) is 0 Å². The minimum Gasteiger partial charge on any atom is -0.390 e. The summed E-state index contributed by atoms with van der Waals surface area (Å²) in [5, 5.41) is 19.2. The summed E-state index contributed by atoms with van der Waals surface area (Å²) in [6.45, 7) is 5.96. The predicted molar refractivity (Wildman–Crippen MR) is 58.4 cm³/mol. The number of aliphatic hydroxyl groups excluding tert-OH is 2. The molecule has 15 heavy (non-hydrogen) atoms. The van der Waals surface area contributed by atoms with Gasteiger partial charge in [-0.05, 0) is 24.7 Å². The van der Waals surface area contributed by atoms with Crippen LogP contribution >= 0.6 is 0 Å². The lowest BCUT2D eigenvalue weighted by Crippen LogP contribution is -2.33. The third-order valence-electron chi connectivity index (χ3n) is 3.69. The van der Waals surface area contributed by atoms with E-state index in [1.165, 1.54) is 0 Å². The molecule has 0 spiro atoms. The molecule has 3 atom stereocenters. The first-order valence-corrected chi connectivity index (χ1v) is 5.77. The zero-order valence-electron chi connectivity index (χ0n) is 9.86. The van der Waals surface area contributed by atoms with Crippen molar-refractivity contribution in [2.45, 2.75) is 58.7 Å². The van der Waals surface area contributed by atoms with Crippen molar-refractivity contribution in [3.63, 3.8) is 0 Å². The number of ketones is 1. The second-order valence-corrected chi connectivity index (χ2v) is 5.29. The van der Waals surface area contributed by atoms with Crippen molar-refractivity contribution < 1.29 is 15.0 Å². The summed E-state index contributed by atoms with van der Waals surface area (Å²) < 4.78 is 0. The summed E-state index contributed by atoms with van der Waals surface area (Å²) in [4.78, 5) is 11.6. The maximum absolute atomic E-state index is 11.6. The molecule has 88 valence electrons. The first-order chi connectivity index (χ1) is 6.88. The van der Waals surface area contributed by atoms with Crippen molar-refractivity contribution in [1.82, 2.24) is 0 Å². The van der Waals surface area contributed by atoms with Crippen molar-refractivity contribution in [3.8, 4) is 0 Å². The van der Waals surface area contributed by atoms with Crippen LogP contribution in [0.1, 0.15) is 46.5 Å². The summed E-state index contributed by atoms with van der Waals surface area (Å²) in [5.41, 5.74) is -0.0223. The van der Waals surface area contributed by atoms with Crippen molar-refractivity contribution in [2.24, 2.45) is 11.3 Å². The van der Waals surface area contributed by atoms with Crippen LogP contribution in [0.25, 0.3) is 0 Å². The maximum Gasteiger partial charge on any atom is 0.136 e. The molecule has 0 radical (unpaired) electrons. The fourth-order valence-corrected chi connectivity index (χ4v) is 2.35. The summed E-state index contributed by atoms with van der Waals surface area (Å²) in [5.74, 6) is 0.149. The molecule has 0 amide bonds. The number of carbonyl (C=O) groups excluding carboxylic acids is 1. The summed E-state index contributed by atoms with van der Waals surface area (Å²) in [7, 11) is 0. The van der Waals surface area contributed by atoms with Gasteiger partial charge in [-0.25, -0.2) is 0 Å². The fraction of sp³-hybridized carbons (Fsp3) is 0.917. The zero-order chi connectivity index (χ0) is 11.6. The number of aliphatic hydroxyl groups is 2. The molecule has 1 rings (SSSR count). The van der Waals surface area contributed by atoms with E-state index >= 15 is 0 Å². The van der Waals surface area contributed by atoms with Gasteiger partial charge >= 0.3 is 0 Å². The minimum absolute atomic E-state index is 0.0223.